The van der Waals surface area contributed by atoms with Crippen LogP contribution in [-0.4, -0.2) is 47.9 Å². The van der Waals surface area contributed by atoms with Crippen molar-refractivity contribution in [2.75, 3.05) is 19.6 Å². The number of nitrogens with one attached hydrogen (secondary N) is 1. The largest absolute Gasteiger partial charge is 0.444 e. The van der Waals surface area contributed by atoms with Gasteiger partial charge in [-0.1, -0.05) is 30.3 Å². The minimum atomic E-state index is -1.42. The van der Waals surface area contributed by atoms with Crippen LogP contribution in [0.15, 0.2) is 30.3 Å². The summed E-state index contributed by atoms with van der Waals surface area (Å²) in [4.78, 5) is 13.9. The van der Waals surface area contributed by atoms with Crippen LogP contribution < -0.4 is 5.32 Å². The van der Waals surface area contributed by atoms with Crippen LogP contribution in [-0.2, 0) is 11.2 Å². The molecule has 0 radical (unpaired) electrons. The Hall–Kier alpha value is -1.62. The van der Waals surface area contributed by atoms with Gasteiger partial charge in [0.15, 0.2) is 0 Å². The normalized spacial score (nSPS) is 26.7. The average Bonchev–Trinajstić information content (AvgIpc) is 3.30. The first-order chi connectivity index (χ1) is 11.8. The number of hydrogen-bond donors (Lipinski definition) is 1. The maximum atomic E-state index is 15.8. The Kier molecular flexibility index (Phi) is 5.05. The molecule has 138 valence electrons. The Bertz CT molecular complexity index is 597. The van der Waals surface area contributed by atoms with E-state index in [4.69, 9.17) is 4.74 Å². The molecule has 3 rings (SSSR count). The maximum Gasteiger partial charge on any atom is 0.410 e. The van der Waals surface area contributed by atoms with Gasteiger partial charge in [0.25, 0.3) is 0 Å². The summed E-state index contributed by atoms with van der Waals surface area (Å²) < 4.78 is 21.2. The number of hydrogen-bond acceptors (Lipinski definition) is 3. The SMILES string of the molecule is CC(C)(C)OC(=O)N1CC(Cc2ccccc2)C(F)(CNC2CC2)C1. The van der Waals surface area contributed by atoms with Gasteiger partial charge >= 0.3 is 6.09 Å². The molecular formula is C20H29FN2O2. The fourth-order valence-electron chi connectivity index (χ4n) is 3.35. The van der Waals surface area contributed by atoms with Gasteiger partial charge in [0.2, 0.25) is 0 Å². The van der Waals surface area contributed by atoms with Crippen LogP contribution in [0.2, 0.25) is 0 Å². The number of ether oxygens (including phenoxy) is 1. The summed E-state index contributed by atoms with van der Waals surface area (Å²) in [6, 6.07) is 10.4. The summed E-state index contributed by atoms with van der Waals surface area (Å²) >= 11 is 0. The Morgan fingerprint density at radius 3 is 2.60 bits per heavy atom. The first-order valence-electron chi connectivity index (χ1n) is 9.19. The van der Waals surface area contributed by atoms with Crippen LogP contribution in [0.3, 0.4) is 0 Å². The molecule has 1 saturated heterocycles. The van der Waals surface area contributed by atoms with Gasteiger partial charge in [0.05, 0.1) is 6.54 Å². The second-order valence-electron chi connectivity index (χ2n) is 8.44. The van der Waals surface area contributed by atoms with Crippen LogP contribution in [0.5, 0.6) is 0 Å². The molecule has 4 nitrogen and oxygen atoms in total. The average molecular weight is 348 g/mol. The molecule has 2 unspecified atom stereocenters. The van der Waals surface area contributed by atoms with Crippen LogP contribution >= 0.6 is 0 Å². The molecule has 2 atom stereocenters. The minimum Gasteiger partial charge on any atom is -0.444 e. The number of benzene rings is 1. The highest BCUT2D eigenvalue weighted by atomic mass is 19.1. The van der Waals surface area contributed by atoms with E-state index < -0.39 is 17.4 Å². The summed E-state index contributed by atoms with van der Waals surface area (Å²) in [6.45, 7) is 6.29. The quantitative estimate of drug-likeness (QED) is 0.885. The van der Waals surface area contributed by atoms with Crippen molar-refractivity contribution in [2.45, 2.75) is 57.3 Å². The van der Waals surface area contributed by atoms with Crippen molar-refractivity contribution in [3.8, 4) is 0 Å². The predicted octanol–water partition coefficient (Wildman–Crippen LogP) is 3.56. The molecule has 25 heavy (non-hydrogen) atoms. The maximum absolute atomic E-state index is 15.8. The topological polar surface area (TPSA) is 41.6 Å². The number of carbonyl (C=O) groups is 1. The molecule has 2 aliphatic rings. The molecule has 1 saturated carbocycles. The van der Waals surface area contributed by atoms with Crippen molar-refractivity contribution in [2.24, 2.45) is 5.92 Å². The van der Waals surface area contributed by atoms with Crippen molar-refractivity contribution >= 4 is 6.09 Å². The number of halogens is 1. The van der Waals surface area contributed by atoms with Gasteiger partial charge in [-0.3, -0.25) is 0 Å². The fourth-order valence-corrected chi connectivity index (χ4v) is 3.35. The van der Waals surface area contributed by atoms with Crippen molar-refractivity contribution in [3.05, 3.63) is 35.9 Å². The van der Waals surface area contributed by atoms with Crippen LogP contribution in [0.4, 0.5) is 9.18 Å². The van der Waals surface area contributed by atoms with E-state index in [0.29, 0.717) is 25.6 Å². The van der Waals surface area contributed by atoms with Gasteiger partial charge in [-0.2, -0.15) is 0 Å². The van der Waals surface area contributed by atoms with E-state index in [0.717, 1.165) is 18.4 Å². The van der Waals surface area contributed by atoms with Gasteiger partial charge in [0.1, 0.15) is 11.3 Å². The Labute approximate surface area is 149 Å². The summed E-state index contributed by atoms with van der Waals surface area (Å²) in [6.07, 6.45) is 2.45. The summed E-state index contributed by atoms with van der Waals surface area (Å²) in [7, 11) is 0. The highest BCUT2D eigenvalue weighted by molar-refractivity contribution is 5.68. The van der Waals surface area contributed by atoms with E-state index >= 15 is 4.39 Å². The Morgan fingerprint density at radius 1 is 1.32 bits per heavy atom. The first kappa shape index (κ1) is 18.2. The van der Waals surface area contributed by atoms with Crippen LogP contribution in [0.25, 0.3) is 0 Å². The molecule has 1 aliphatic heterocycles. The van der Waals surface area contributed by atoms with E-state index in [1.54, 1.807) is 0 Å². The van der Waals surface area contributed by atoms with Gasteiger partial charge in [-0.05, 0) is 45.6 Å². The zero-order valence-corrected chi connectivity index (χ0v) is 15.4. The van der Waals surface area contributed by atoms with Crippen molar-refractivity contribution in [3.63, 3.8) is 0 Å². The summed E-state index contributed by atoms with van der Waals surface area (Å²) in [5, 5.41) is 3.31. The second-order valence-corrected chi connectivity index (χ2v) is 8.44. The van der Waals surface area contributed by atoms with Crippen molar-refractivity contribution in [1.29, 1.82) is 0 Å². The molecule has 2 fully saturated rings. The highest BCUT2D eigenvalue weighted by Crippen LogP contribution is 2.35. The third-order valence-corrected chi connectivity index (χ3v) is 4.86. The lowest BCUT2D eigenvalue weighted by molar-refractivity contribution is 0.0258. The number of rotatable bonds is 5. The number of likely N-dealkylation sites (tertiary alicyclic amines) is 1. The molecule has 0 spiro atoms. The molecule has 5 heteroatoms. The molecule has 1 aromatic rings. The summed E-state index contributed by atoms with van der Waals surface area (Å²) in [5.41, 5.74) is -0.887. The minimum absolute atomic E-state index is 0.0964. The molecule has 0 aromatic heterocycles. The molecule has 0 bridgehead atoms. The second kappa shape index (κ2) is 6.94. The van der Waals surface area contributed by atoms with E-state index in [9.17, 15) is 4.79 Å². The number of alkyl halides is 1. The van der Waals surface area contributed by atoms with E-state index in [2.05, 4.69) is 5.32 Å². The number of nitrogens with zero attached hydrogens (tertiary/aromatic N) is 1. The summed E-state index contributed by atoms with van der Waals surface area (Å²) in [5.74, 6) is -0.228. The van der Waals surface area contributed by atoms with Crippen LogP contribution in [0.1, 0.15) is 39.2 Å². The van der Waals surface area contributed by atoms with Gasteiger partial charge in [0, 0.05) is 25.0 Å². The fraction of sp³-hybridized carbons (Fsp3) is 0.650. The Morgan fingerprint density at radius 2 is 2.00 bits per heavy atom. The third-order valence-electron chi connectivity index (χ3n) is 4.86. The lowest BCUT2D eigenvalue weighted by atomic mass is 9.87. The van der Waals surface area contributed by atoms with Crippen molar-refractivity contribution < 1.29 is 13.9 Å². The highest BCUT2D eigenvalue weighted by Gasteiger charge is 2.49. The molecular weight excluding hydrogens is 319 g/mol. The third kappa shape index (κ3) is 4.94. The monoisotopic (exact) mass is 348 g/mol. The smallest absolute Gasteiger partial charge is 0.410 e. The zero-order valence-electron chi connectivity index (χ0n) is 15.4. The van der Waals surface area contributed by atoms with Gasteiger partial charge in [-0.15, -0.1) is 0 Å². The molecule has 1 aromatic carbocycles. The van der Waals surface area contributed by atoms with Crippen LogP contribution in [0, 0.1) is 5.92 Å². The standard InChI is InChI=1S/C20H29FN2O2/c1-19(2,3)25-18(24)23-12-16(11-15-7-5-4-6-8-15)20(21,14-23)13-22-17-9-10-17/h4-8,16-17,22H,9-14H2,1-3H3. The molecule has 1 N–H and O–H groups in total. The van der Waals surface area contributed by atoms with Gasteiger partial charge < -0.3 is 15.0 Å². The number of amides is 1. The predicted molar refractivity (Wildman–Crippen MR) is 96.3 cm³/mol. The van der Waals surface area contributed by atoms with E-state index in [1.165, 1.54) is 4.90 Å². The number of carbonyl (C=O) groups excluding carboxylic acids is 1. The first-order valence-corrected chi connectivity index (χ1v) is 9.19. The lowest BCUT2D eigenvalue weighted by Crippen LogP contribution is -2.45. The van der Waals surface area contributed by atoms with Gasteiger partial charge in [-0.25, -0.2) is 9.18 Å². The van der Waals surface area contributed by atoms with Crippen molar-refractivity contribution in [1.82, 2.24) is 10.2 Å². The zero-order chi connectivity index (χ0) is 18.1. The lowest BCUT2D eigenvalue weighted by Gasteiger charge is -2.27. The van der Waals surface area contributed by atoms with E-state index in [-0.39, 0.29) is 12.5 Å². The molecule has 1 amide bonds. The molecule has 1 aliphatic carbocycles. The Balaban J connectivity index is 1.70. The van der Waals surface area contributed by atoms with E-state index in [1.807, 2.05) is 51.1 Å². The molecule has 1 heterocycles.